The van der Waals surface area contributed by atoms with E-state index in [4.69, 9.17) is 13.9 Å². The lowest BCUT2D eigenvalue weighted by Crippen LogP contribution is -2.54. The second-order valence-electron chi connectivity index (χ2n) is 13.9. The molecule has 0 radical (unpaired) electrons. The van der Waals surface area contributed by atoms with Gasteiger partial charge in [-0.05, 0) is 41.4 Å². The van der Waals surface area contributed by atoms with Crippen LogP contribution in [0.1, 0.15) is 64.7 Å². The van der Waals surface area contributed by atoms with E-state index in [-0.39, 0.29) is 41.1 Å². The summed E-state index contributed by atoms with van der Waals surface area (Å²) in [4.78, 5) is 13.5. The van der Waals surface area contributed by atoms with Crippen molar-refractivity contribution in [3.63, 3.8) is 0 Å². The van der Waals surface area contributed by atoms with E-state index < -0.39 is 26.1 Å². The first kappa shape index (κ1) is 36.8. The van der Waals surface area contributed by atoms with E-state index in [0.29, 0.717) is 0 Å². The summed E-state index contributed by atoms with van der Waals surface area (Å²) < 4.78 is 19.6. The molecule has 45 heavy (non-hydrogen) atoms. The predicted octanol–water partition coefficient (Wildman–Crippen LogP) is 8.41. The van der Waals surface area contributed by atoms with Gasteiger partial charge in [0, 0.05) is 10.3 Å². The van der Waals surface area contributed by atoms with Crippen LogP contribution in [0.25, 0.3) is 0 Å². The van der Waals surface area contributed by atoms with Crippen LogP contribution in [-0.2, 0) is 31.9 Å². The van der Waals surface area contributed by atoms with Crippen molar-refractivity contribution in [3.8, 4) is 11.8 Å². The van der Waals surface area contributed by atoms with Crippen LogP contribution in [0.15, 0.2) is 91.0 Å². The van der Waals surface area contributed by atoms with Crippen molar-refractivity contribution in [2.45, 2.75) is 102 Å². The van der Waals surface area contributed by atoms with Crippen LogP contribution >= 0.6 is 11.8 Å². The van der Waals surface area contributed by atoms with Gasteiger partial charge in [-0.1, -0.05) is 144 Å². The molecule has 0 saturated carbocycles. The van der Waals surface area contributed by atoms with Crippen molar-refractivity contribution in [1.29, 1.82) is 0 Å². The molecule has 0 aliphatic rings. The van der Waals surface area contributed by atoms with E-state index in [1.165, 1.54) is 11.8 Å². The molecule has 7 heteroatoms. The lowest BCUT2D eigenvalue weighted by Gasteiger charge is -2.41. The average molecular weight is 647 g/mol. The van der Waals surface area contributed by atoms with Crippen molar-refractivity contribution in [3.05, 3.63) is 108 Å². The number of rotatable bonds is 13. The molecule has 3 rings (SSSR count). The van der Waals surface area contributed by atoms with E-state index in [2.05, 4.69) is 45.7 Å². The van der Waals surface area contributed by atoms with Gasteiger partial charge in [0.15, 0.2) is 19.0 Å². The Bertz CT molecular complexity index is 1390. The van der Waals surface area contributed by atoms with Crippen molar-refractivity contribution < 1.29 is 23.8 Å². The smallest absolute Gasteiger partial charge is 0.193 e. The second-order valence-corrected chi connectivity index (χ2v) is 20.6. The summed E-state index contributed by atoms with van der Waals surface area (Å²) in [6.45, 7) is 17.5. The lowest BCUT2D eigenvalue weighted by atomic mass is 9.89. The van der Waals surface area contributed by atoms with Crippen LogP contribution in [0.3, 0.4) is 0 Å². The minimum absolute atomic E-state index is 0.0416. The summed E-state index contributed by atoms with van der Waals surface area (Å²) in [6, 6.07) is 29.1. The highest BCUT2D eigenvalue weighted by Gasteiger charge is 2.46. The highest BCUT2D eigenvalue weighted by molar-refractivity contribution is 8.14. The Kier molecular flexibility index (Phi) is 13.3. The Hall–Kier alpha value is -2.70. The van der Waals surface area contributed by atoms with E-state index in [1.54, 1.807) is 0 Å². The highest BCUT2D eigenvalue weighted by atomic mass is 32.2. The van der Waals surface area contributed by atoms with Gasteiger partial charge in [0.25, 0.3) is 0 Å². The van der Waals surface area contributed by atoms with Gasteiger partial charge in [-0.2, -0.15) is 0 Å². The number of ether oxygens (including phenoxy) is 2. The van der Waals surface area contributed by atoms with Gasteiger partial charge in [-0.3, -0.25) is 4.79 Å². The quantitative estimate of drug-likeness (QED) is 0.149. The first-order valence-corrected chi connectivity index (χ1v) is 19.3. The van der Waals surface area contributed by atoms with Crippen LogP contribution < -0.4 is 0 Å². The fourth-order valence-electron chi connectivity index (χ4n) is 4.34. The monoisotopic (exact) mass is 646 g/mol. The Morgan fingerprint density at radius 3 is 1.78 bits per heavy atom. The average Bonchev–Trinajstić information content (AvgIpc) is 2.97. The van der Waals surface area contributed by atoms with Gasteiger partial charge in [0.05, 0.1) is 26.2 Å². The minimum Gasteiger partial charge on any atom is -0.414 e. The van der Waals surface area contributed by atoms with Gasteiger partial charge in [-0.25, -0.2) is 0 Å². The van der Waals surface area contributed by atoms with Gasteiger partial charge in [0.2, 0.25) is 0 Å². The first-order valence-electron chi connectivity index (χ1n) is 15.6. The number of aliphatic hydroxyl groups is 1. The Balaban J connectivity index is 2.11. The Labute approximate surface area is 276 Å². The maximum atomic E-state index is 13.5. The van der Waals surface area contributed by atoms with Crippen LogP contribution in [0.4, 0.5) is 0 Å². The van der Waals surface area contributed by atoms with Gasteiger partial charge in [0.1, 0.15) is 12.2 Å². The maximum absolute atomic E-state index is 13.5. The third kappa shape index (κ3) is 12.2. The van der Waals surface area contributed by atoms with E-state index in [1.807, 2.05) is 112 Å². The normalized spacial score (nSPS) is 15.0. The molecule has 3 aromatic rings. The standard InChI is InChI=1S/C38H50O5SSi/c1-36(2,3)44-34(39)26-38(40,25-24-30-18-12-9-13-19-30)35(42-28-32-22-16-11-17-23-32)33(29-43-45(7,8)37(4,5)6)41-27-31-20-14-10-15-21-31/h9-23,33,35,40H,26-29H2,1-8H3/t33-,35+,38-/m1/s1. The zero-order valence-electron chi connectivity index (χ0n) is 28.1. The summed E-state index contributed by atoms with van der Waals surface area (Å²) in [7, 11) is -2.23. The second kappa shape index (κ2) is 16.2. The molecule has 3 aromatic carbocycles. The molecule has 242 valence electrons. The number of carbonyl (C=O) groups excluding carboxylic acids is 1. The number of carbonyl (C=O) groups is 1. The molecule has 0 aromatic heterocycles. The third-order valence-corrected chi connectivity index (χ3v) is 13.3. The van der Waals surface area contributed by atoms with Crippen molar-refractivity contribution in [2.75, 3.05) is 6.61 Å². The molecule has 0 amide bonds. The summed E-state index contributed by atoms with van der Waals surface area (Å²) >= 11 is 1.19. The summed E-state index contributed by atoms with van der Waals surface area (Å²) in [5, 5.41) is 12.4. The fourth-order valence-corrected chi connectivity index (χ4v) is 6.32. The third-order valence-electron chi connectivity index (χ3n) is 7.83. The molecular weight excluding hydrogens is 597 g/mol. The molecule has 0 fully saturated rings. The van der Waals surface area contributed by atoms with Crippen LogP contribution in [0, 0.1) is 11.8 Å². The van der Waals surface area contributed by atoms with E-state index >= 15 is 0 Å². The van der Waals surface area contributed by atoms with Gasteiger partial charge < -0.3 is 19.0 Å². The summed E-state index contributed by atoms with van der Waals surface area (Å²) in [5.74, 6) is 6.22. The van der Waals surface area contributed by atoms with E-state index in [0.717, 1.165) is 16.7 Å². The fraction of sp³-hybridized carbons (Fsp3) is 0.447. The highest BCUT2D eigenvalue weighted by Crippen LogP contribution is 2.38. The molecule has 0 spiro atoms. The molecule has 0 saturated heterocycles. The number of thioether (sulfide) groups is 1. The Morgan fingerprint density at radius 2 is 1.29 bits per heavy atom. The largest absolute Gasteiger partial charge is 0.414 e. The molecular formula is C38H50O5SSi. The van der Waals surface area contributed by atoms with Crippen LogP contribution in [0.2, 0.25) is 18.1 Å². The predicted molar refractivity (Wildman–Crippen MR) is 188 cm³/mol. The molecule has 0 unspecified atom stereocenters. The number of hydrogen-bond acceptors (Lipinski definition) is 6. The lowest BCUT2D eigenvalue weighted by molar-refractivity contribution is -0.167. The zero-order valence-corrected chi connectivity index (χ0v) is 29.9. The number of benzene rings is 3. The molecule has 0 heterocycles. The maximum Gasteiger partial charge on any atom is 0.193 e. The summed E-state index contributed by atoms with van der Waals surface area (Å²) in [6.07, 6.45) is -1.98. The van der Waals surface area contributed by atoms with Gasteiger partial charge in [-0.15, -0.1) is 0 Å². The molecule has 3 atom stereocenters. The van der Waals surface area contributed by atoms with Crippen LogP contribution in [-0.4, -0.2) is 47.7 Å². The van der Waals surface area contributed by atoms with Crippen molar-refractivity contribution in [1.82, 2.24) is 0 Å². The molecule has 0 bridgehead atoms. The topological polar surface area (TPSA) is 65.0 Å². The minimum atomic E-state index is -2.23. The molecule has 0 aliphatic carbocycles. The zero-order chi connectivity index (χ0) is 33.1. The number of hydrogen-bond donors (Lipinski definition) is 1. The summed E-state index contributed by atoms with van der Waals surface area (Å²) in [5.41, 5.74) is 0.768. The first-order chi connectivity index (χ1) is 21.1. The Morgan fingerprint density at radius 1 is 0.800 bits per heavy atom. The molecule has 0 aliphatic heterocycles. The molecule has 5 nitrogen and oxygen atoms in total. The van der Waals surface area contributed by atoms with Crippen molar-refractivity contribution in [2.24, 2.45) is 0 Å². The van der Waals surface area contributed by atoms with Crippen LogP contribution in [0.5, 0.6) is 0 Å². The molecule has 1 N–H and O–H groups in total. The SMILES string of the molecule is CC(C)(C)SC(=O)C[C@](O)(C#Cc1ccccc1)[C@@H](OCc1ccccc1)[C@@H](CO[Si](C)(C)C(C)(C)C)OCc1ccccc1. The van der Waals surface area contributed by atoms with E-state index in [9.17, 15) is 9.90 Å². The van der Waals surface area contributed by atoms with Crippen molar-refractivity contribution >= 4 is 25.2 Å². The van der Waals surface area contributed by atoms with Gasteiger partial charge >= 0.3 is 0 Å².